The van der Waals surface area contributed by atoms with Crippen LogP contribution in [-0.4, -0.2) is 21.1 Å². The zero-order chi connectivity index (χ0) is 16.6. The first-order valence-electron chi connectivity index (χ1n) is 7.24. The van der Waals surface area contributed by atoms with Gasteiger partial charge in [0.05, 0.1) is 5.60 Å². The van der Waals surface area contributed by atoms with Crippen molar-refractivity contribution in [3.8, 4) is 0 Å². The molecule has 0 bridgehead atoms. The van der Waals surface area contributed by atoms with Gasteiger partial charge < -0.3 is 20.6 Å². The molecule has 0 saturated heterocycles. The number of benzene rings is 1. The van der Waals surface area contributed by atoms with Gasteiger partial charge in [0.25, 0.3) is 5.91 Å². The predicted octanol–water partition coefficient (Wildman–Crippen LogP) is 2.37. The zero-order valence-electron chi connectivity index (χ0n) is 13.6. The van der Waals surface area contributed by atoms with E-state index < -0.39 is 5.60 Å². The Bertz CT molecular complexity index is 884. The molecule has 2 heterocycles. The summed E-state index contributed by atoms with van der Waals surface area (Å²) in [5.41, 5.74) is 1.73. The Kier molecular flexibility index (Phi) is 5.21. The number of amides is 1. The normalized spacial score (nSPS) is 11.2. The maximum Gasteiger partial charge on any atom is 0.274 e. The molecule has 7 heteroatoms. The summed E-state index contributed by atoms with van der Waals surface area (Å²) in [6.45, 7) is 5.14. The molecule has 2 aromatic heterocycles. The van der Waals surface area contributed by atoms with Crippen LogP contribution in [0.5, 0.6) is 0 Å². The Morgan fingerprint density at radius 2 is 2.04 bits per heavy atom. The Hall–Kier alpha value is -2.04. The van der Waals surface area contributed by atoms with E-state index in [0.717, 1.165) is 11.1 Å². The molecular formula is C17H17N4O2W-. The summed E-state index contributed by atoms with van der Waals surface area (Å²) in [5, 5.41) is 21.9. The van der Waals surface area contributed by atoms with Crippen LogP contribution in [0.15, 0.2) is 36.5 Å². The predicted molar refractivity (Wildman–Crippen MR) is 87.2 cm³/mol. The van der Waals surface area contributed by atoms with Gasteiger partial charge in [-0.2, -0.15) is 6.20 Å². The molecule has 0 aliphatic heterocycles. The van der Waals surface area contributed by atoms with Crippen molar-refractivity contribution in [3.63, 3.8) is 0 Å². The monoisotopic (exact) mass is 493 g/mol. The first kappa shape index (κ1) is 18.3. The number of anilines is 1. The van der Waals surface area contributed by atoms with Crippen molar-refractivity contribution in [2.45, 2.75) is 26.4 Å². The van der Waals surface area contributed by atoms with E-state index in [4.69, 9.17) is 0 Å². The summed E-state index contributed by atoms with van der Waals surface area (Å²) in [4.78, 5) is 16.6. The molecule has 1 amide bonds. The van der Waals surface area contributed by atoms with E-state index in [1.807, 2.05) is 13.0 Å². The second kappa shape index (κ2) is 6.83. The number of carbonyl (C=O) groups excluding carboxylic acids is 1. The number of hydrogen-bond donors (Lipinski definition) is 2. The van der Waals surface area contributed by atoms with Gasteiger partial charge in [-0.1, -0.05) is 6.07 Å². The average Bonchev–Trinajstić information content (AvgIpc) is 2.92. The van der Waals surface area contributed by atoms with Crippen LogP contribution in [0.4, 0.5) is 5.69 Å². The van der Waals surface area contributed by atoms with E-state index in [2.05, 4.69) is 20.5 Å². The number of aryl methyl sites for hydroxylation is 1. The minimum atomic E-state index is -1.13. The molecule has 3 aromatic rings. The molecule has 0 aliphatic carbocycles. The minimum absolute atomic E-state index is 0. The zero-order valence-corrected chi connectivity index (χ0v) is 16.5. The molecule has 24 heavy (non-hydrogen) atoms. The number of aromatic nitrogens is 3. The third-order valence-corrected chi connectivity index (χ3v) is 3.56. The number of nitrogens with zero attached hydrogens (tertiary/aromatic N) is 3. The maximum atomic E-state index is 12.4. The van der Waals surface area contributed by atoms with Gasteiger partial charge in [0.2, 0.25) is 0 Å². The van der Waals surface area contributed by atoms with E-state index in [0.29, 0.717) is 22.5 Å². The summed E-state index contributed by atoms with van der Waals surface area (Å²) >= 11 is 0. The van der Waals surface area contributed by atoms with Crippen LogP contribution < -0.4 is 10.4 Å². The number of pyridine rings is 1. The summed E-state index contributed by atoms with van der Waals surface area (Å²) in [6, 6.07) is 8.75. The van der Waals surface area contributed by atoms with Gasteiger partial charge in [-0.15, -0.1) is 0 Å². The molecule has 0 unspecified atom stereocenters. The van der Waals surface area contributed by atoms with Gasteiger partial charge in [0.15, 0.2) is 0 Å². The van der Waals surface area contributed by atoms with E-state index in [9.17, 15) is 9.90 Å². The van der Waals surface area contributed by atoms with E-state index >= 15 is 0 Å². The number of carbonyl (C=O) groups is 1. The van der Waals surface area contributed by atoms with Crippen molar-refractivity contribution in [2.24, 2.45) is 0 Å². The molecular weight excluding hydrogens is 476 g/mol. The Morgan fingerprint density at radius 1 is 1.29 bits per heavy atom. The second-order valence-electron chi connectivity index (χ2n) is 5.98. The Labute approximate surface area is 154 Å². The van der Waals surface area contributed by atoms with Gasteiger partial charge >= 0.3 is 0 Å². The van der Waals surface area contributed by atoms with Crippen LogP contribution in [0.25, 0.3) is 10.9 Å². The van der Waals surface area contributed by atoms with Crippen LogP contribution in [0.3, 0.4) is 0 Å². The standard InChI is InChI=1S/C17H18N4O2.W/c1-10-5-4-6-13(19-10)16(22)20-15-7-11-9-18-21-14(11)8-12(15)17(2,3)23;/h4-9,23H,1-3H3,(H2,18,19,20,21,22);/p-1. The quantitative estimate of drug-likeness (QED) is 0.585. The Morgan fingerprint density at radius 3 is 2.71 bits per heavy atom. The van der Waals surface area contributed by atoms with E-state index in [1.54, 1.807) is 44.3 Å². The van der Waals surface area contributed by atoms with E-state index in [1.165, 1.54) is 0 Å². The van der Waals surface area contributed by atoms with Crippen LogP contribution in [-0.2, 0) is 26.7 Å². The third kappa shape index (κ3) is 3.71. The summed E-state index contributed by atoms with van der Waals surface area (Å²) in [5.74, 6) is -0.328. The van der Waals surface area contributed by atoms with Gasteiger partial charge in [-0.05, 0) is 50.4 Å². The first-order valence-corrected chi connectivity index (χ1v) is 7.24. The number of nitrogens with one attached hydrogen (secondary N) is 1. The largest absolute Gasteiger partial charge is 0.581 e. The molecule has 2 N–H and O–H groups in total. The third-order valence-electron chi connectivity index (χ3n) is 3.56. The number of rotatable bonds is 3. The molecule has 0 fully saturated rings. The molecule has 6 nitrogen and oxygen atoms in total. The fraction of sp³-hybridized carbons (Fsp3) is 0.235. The van der Waals surface area contributed by atoms with Crippen LogP contribution in [0, 0.1) is 6.92 Å². The molecule has 0 aliphatic rings. The number of aliphatic hydroxyl groups is 1. The molecule has 0 radical (unpaired) electrons. The average molecular weight is 493 g/mol. The van der Waals surface area contributed by atoms with Gasteiger partial charge in [0.1, 0.15) is 5.69 Å². The number of hydrogen-bond acceptors (Lipinski definition) is 4. The van der Waals surface area contributed by atoms with Crippen molar-refractivity contribution < 1.29 is 31.0 Å². The maximum absolute atomic E-state index is 12.4. The molecule has 1 aromatic carbocycles. The van der Waals surface area contributed by atoms with Crippen molar-refractivity contribution in [1.82, 2.24) is 15.2 Å². The molecule has 0 atom stereocenters. The smallest absolute Gasteiger partial charge is 0.274 e. The molecule has 124 valence electrons. The van der Waals surface area contributed by atoms with E-state index in [-0.39, 0.29) is 27.0 Å². The van der Waals surface area contributed by atoms with Crippen molar-refractivity contribution in [3.05, 3.63) is 53.5 Å². The fourth-order valence-electron chi connectivity index (χ4n) is 2.41. The molecule has 0 spiro atoms. The van der Waals surface area contributed by atoms with Crippen molar-refractivity contribution in [2.75, 3.05) is 5.32 Å². The van der Waals surface area contributed by atoms with Gasteiger partial charge in [-0.3, -0.25) is 4.79 Å². The topological polar surface area (TPSA) is 89.2 Å². The van der Waals surface area contributed by atoms with Crippen molar-refractivity contribution in [1.29, 1.82) is 0 Å². The fourth-order valence-corrected chi connectivity index (χ4v) is 2.41. The van der Waals surface area contributed by atoms with Crippen LogP contribution in [0.1, 0.15) is 35.6 Å². The number of fused-ring (bicyclic) bond motifs is 1. The molecule has 0 saturated carbocycles. The minimum Gasteiger partial charge on any atom is -0.581 e. The summed E-state index contributed by atoms with van der Waals surface area (Å²) < 4.78 is 0. The van der Waals surface area contributed by atoms with Crippen LogP contribution >= 0.6 is 0 Å². The SMILES string of the molecule is Cc1cccc(C(=O)Nc2cc3c[n-]nc3cc2C(C)(C)O)n1.[W]. The Balaban J connectivity index is 0.00000208. The van der Waals surface area contributed by atoms with Gasteiger partial charge in [0, 0.05) is 43.5 Å². The van der Waals surface area contributed by atoms with Crippen LogP contribution in [0.2, 0.25) is 0 Å². The first-order chi connectivity index (χ1) is 10.8. The molecule has 3 rings (SSSR count). The summed E-state index contributed by atoms with van der Waals surface area (Å²) in [6.07, 6.45) is 1.62. The van der Waals surface area contributed by atoms with Crippen molar-refractivity contribution >= 4 is 22.5 Å². The summed E-state index contributed by atoms with van der Waals surface area (Å²) in [7, 11) is 0. The van der Waals surface area contributed by atoms with Gasteiger partial charge in [-0.25, -0.2) is 4.98 Å². The second-order valence-corrected chi connectivity index (χ2v) is 5.98.